The number of para-hydroxylation sites is 1. The Morgan fingerprint density at radius 3 is 3.06 bits per heavy atom. The molecule has 2 heterocycles. The summed E-state index contributed by atoms with van der Waals surface area (Å²) in [6.45, 7) is 2.64. The van der Waals surface area contributed by atoms with Crippen LogP contribution in [-0.4, -0.2) is 34.2 Å². The van der Waals surface area contributed by atoms with Gasteiger partial charge in [-0.2, -0.15) is 0 Å². The van der Waals surface area contributed by atoms with Crippen molar-refractivity contribution in [2.45, 2.75) is 19.1 Å². The Morgan fingerprint density at radius 2 is 2.31 bits per heavy atom. The van der Waals surface area contributed by atoms with Gasteiger partial charge in [-0.15, -0.1) is 11.3 Å². The molecule has 0 spiro atoms. The van der Waals surface area contributed by atoms with Crippen LogP contribution in [0.5, 0.6) is 0 Å². The van der Waals surface area contributed by atoms with E-state index in [1.807, 2.05) is 18.2 Å². The molecule has 1 saturated heterocycles. The molecule has 0 radical (unpaired) electrons. The van der Waals surface area contributed by atoms with Gasteiger partial charge in [0, 0.05) is 13.1 Å². The molecule has 3 nitrogen and oxygen atoms in total. The molecule has 1 aliphatic rings. The first-order valence-corrected chi connectivity index (χ1v) is 6.38. The second kappa shape index (κ2) is 4.13. The van der Waals surface area contributed by atoms with E-state index in [4.69, 9.17) is 0 Å². The topological polar surface area (TPSA) is 36.4 Å². The highest BCUT2D eigenvalue weighted by atomic mass is 32.1. The summed E-state index contributed by atoms with van der Waals surface area (Å²) in [6, 6.07) is 8.22. The highest BCUT2D eigenvalue weighted by Gasteiger charge is 2.20. The van der Waals surface area contributed by atoms with Crippen LogP contribution in [0.15, 0.2) is 24.3 Å². The minimum atomic E-state index is -0.144. The van der Waals surface area contributed by atoms with Crippen LogP contribution in [0.3, 0.4) is 0 Å². The second-order valence-corrected chi connectivity index (χ2v) is 5.37. The number of likely N-dealkylation sites (tertiary alicyclic amines) is 1. The summed E-state index contributed by atoms with van der Waals surface area (Å²) in [5.41, 5.74) is 1.09. The third-order valence-corrected chi connectivity index (χ3v) is 3.97. The van der Waals surface area contributed by atoms with E-state index >= 15 is 0 Å². The summed E-state index contributed by atoms with van der Waals surface area (Å²) in [7, 11) is 0. The average molecular weight is 234 g/mol. The van der Waals surface area contributed by atoms with Crippen molar-refractivity contribution in [2.24, 2.45) is 0 Å². The molecule has 0 amide bonds. The molecular formula is C12H14N2OS. The molecule has 0 saturated carbocycles. The minimum absolute atomic E-state index is 0.144. The molecule has 1 N–H and O–H groups in total. The van der Waals surface area contributed by atoms with E-state index in [2.05, 4.69) is 16.0 Å². The van der Waals surface area contributed by atoms with E-state index in [-0.39, 0.29) is 6.10 Å². The number of fused-ring (bicyclic) bond motifs is 1. The molecule has 1 unspecified atom stereocenters. The first-order valence-electron chi connectivity index (χ1n) is 5.56. The Labute approximate surface area is 98.3 Å². The Bertz CT molecular complexity index is 463. The number of aliphatic hydroxyl groups is 1. The van der Waals surface area contributed by atoms with Gasteiger partial charge >= 0.3 is 0 Å². The zero-order chi connectivity index (χ0) is 11.0. The van der Waals surface area contributed by atoms with Crippen molar-refractivity contribution in [3.05, 3.63) is 29.3 Å². The van der Waals surface area contributed by atoms with Gasteiger partial charge in [-0.05, 0) is 18.6 Å². The molecule has 3 rings (SSSR count). The van der Waals surface area contributed by atoms with E-state index < -0.39 is 0 Å². The normalized spacial score (nSPS) is 21.9. The Morgan fingerprint density at radius 1 is 1.44 bits per heavy atom. The summed E-state index contributed by atoms with van der Waals surface area (Å²) in [4.78, 5) is 6.86. The Hall–Kier alpha value is -0.970. The molecule has 0 bridgehead atoms. The lowest BCUT2D eigenvalue weighted by Crippen LogP contribution is -2.21. The lowest BCUT2D eigenvalue weighted by atomic mass is 10.3. The lowest BCUT2D eigenvalue weighted by Gasteiger charge is -2.11. The Kier molecular flexibility index (Phi) is 2.63. The van der Waals surface area contributed by atoms with Gasteiger partial charge in [0.2, 0.25) is 0 Å². The third kappa shape index (κ3) is 1.96. The van der Waals surface area contributed by atoms with Crippen LogP contribution < -0.4 is 0 Å². The molecular weight excluding hydrogens is 220 g/mol. The maximum atomic E-state index is 9.46. The standard InChI is InChI=1S/C12H14N2OS/c15-9-5-6-14(7-9)8-12-13-10-3-1-2-4-11(10)16-12/h1-4,9,15H,5-8H2. The summed E-state index contributed by atoms with van der Waals surface area (Å²) in [6.07, 6.45) is 0.750. The lowest BCUT2D eigenvalue weighted by molar-refractivity contribution is 0.175. The number of hydrogen-bond donors (Lipinski definition) is 1. The zero-order valence-corrected chi connectivity index (χ0v) is 9.78. The third-order valence-electron chi connectivity index (χ3n) is 2.94. The predicted octanol–water partition coefficient (Wildman–Crippen LogP) is 1.86. The van der Waals surface area contributed by atoms with Crippen LogP contribution in [0.1, 0.15) is 11.4 Å². The molecule has 4 heteroatoms. The monoisotopic (exact) mass is 234 g/mol. The maximum Gasteiger partial charge on any atom is 0.108 e. The number of rotatable bonds is 2. The molecule has 1 aromatic heterocycles. The van der Waals surface area contributed by atoms with Crippen LogP contribution in [0.2, 0.25) is 0 Å². The predicted molar refractivity (Wildman–Crippen MR) is 65.5 cm³/mol. The van der Waals surface area contributed by atoms with Gasteiger partial charge in [-0.3, -0.25) is 4.90 Å². The molecule has 1 aromatic carbocycles. The van der Waals surface area contributed by atoms with E-state index in [1.54, 1.807) is 11.3 Å². The van der Waals surface area contributed by atoms with Gasteiger partial charge < -0.3 is 5.11 Å². The van der Waals surface area contributed by atoms with Gasteiger partial charge in [-0.1, -0.05) is 12.1 Å². The average Bonchev–Trinajstić information content (AvgIpc) is 2.84. The van der Waals surface area contributed by atoms with Crippen LogP contribution >= 0.6 is 11.3 Å². The van der Waals surface area contributed by atoms with E-state index in [9.17, 15) is 5.11 Å². The first-order chi connectivity index (χ1) is 7.81. The molecule has 16 heavy (non-hydrogen) atoms. The van der Waals surface area contributed by atoms with Gasteiger partial charge in [0.15, 0.2) is 0 Å². The first kappa shape index (κ1) is 10.2. The summed E-state index contributed by atoms with van der Waals surface area (Å²) < 4.78 is 1.25. The molecule has 2 aromatic rings. The van der Waals surface area contributed by atoms with E-state index in [0.717, 1.165) is 36.6 Å². The minimum Gasteiger partial charge on any atom is -0.392 e. The second-order valence-electron chi connectivity index (χ2n) is 4.25. The van der Waals surface area contributed by atoms with Crippen molar-refractivity contribution in [3.8, 4) is 0 Å². The van der Waals surface area contributed by atoms with Gasteiger partial charge in [-0.25, -0.2) is 4.98 Å². The van der Waals surface area contributed by atoms with Crippen LogP contribution in [-0.2, 0) is 6.54 Å². The van der Waals surface area contributed by atoms with Gasteiger partial charge in [0.05, 0.1) is 22.9 Å². The van der Waals surface area contributed by atoms with Crippen LogP contribution in [0.4, 0.5) is 0 Å². The quantitative estimate of drug-likeness (QED) is 0.861. The van der Waals surface area contributed by atoms with E-state index in [1.165, 1.54) is 4.70 Å². The van der Waals surface area contributed by atoms with Crippen LogP contribution in [0.25, 0.3) is 10.2 Å². The highest BCUT2D eigenvalue weighted by molar-refractivity contribution is 7.18. The molecule has 1 aliphatic heterocycles. The number of aromatic nitrogens is 1. The van der Waals surface area contributed by atoms with Crippen molar-refractivity contribution < 1.29 is 5.11 Å². The summed E-state index contributed by atoms with van der Waals surface area (Å²) in [5.74, 6) is 0. The number of aliphatic hydroxyl groups excluding tert-OH is 1. The number of thiazole rings is 1. The number of β-amino-alcohol motifs (C(OH)–C–C–N with tert-alkyl or cyclic N) is 1. The number of nitrogens with zero attached hydrogens (tertiary/aromatic N) is 2. The van der Waals surface area contributed by atoms with Gasteiger partial charge in [0.25, 0.3) is 0 Å². The van der Waals surface area contributed by atoms with Crippen LogP contribution in [0, 0.1) is 0 Å². The molecule has 1 fully saturated rings. The van der Waals surface area contributed by atoms with E-state index in [0.29, 0.717) is 0 Å². The molecule has 1 atom stereocenters. The van der Waals surface area contributed by atoms with Crippen molar-refractivity contribution >= 4 is 21.6 Å². The maximum absolute atomic E-state index is 9.46. The molecule has 84 valence electrons. The van der Waals surface area contributed by atoms with Crippen molar-refractivity contribution in [1.29, 1.82) is 0 Å². The fourth-order valence-electron chi connectivity index (χ4n) is 2.13. The summed E-state index contributed by atoms with van der Waals surface area (Å²) in [5, 5.41) is 10.6. The van der Waals surface area contributed by atoms with Crippen molar-refractivity contribution in [3.63, 3.8) is 0 Å². The smallest absolute Gasteiger partial charge is 0.108 e. The highest BCUT2D eigenvalue weighted by Crippen LogP contribution is 2.23. The summed E-state index contributed by atoms with van der Waals surface area (Å²) >= 11 is 1.75. The largest absolute Gasteiger partial charge is 0.392 e. The van der Waals surface area contributed by atoms with Crippen molar-refractivity contribution in [2.75, 3.05) is 13.1 Å². The fourth-order valence-corrected chi connectivity index (χ4v) is 3.14. The van der Waals surface area contributed by atoms with Crippen molar-refractivity contribution in [1.82, 2.24) is 9.88 Å². The fraction of sp³-hybridized carbons (Fsp3) is 0.417. The molecule has 0 aliphatic carbocycles. The Balaban J connectivity index is 1.79. The van der Waals surface area contributed by atoms with Gasteiger partial charge in [0.1, 0.15) is 5.01 Å². The zero-order valence-electron chi connectivity index (χ0n) is 8.97. The number of hydrogen-bond acceptors (Lipinski definition) is 4. The SMILES string of the molecule is OC1CCN(Cc2nc3ccccc3s2)C1. The number of benzene rings is 1.